The van der Waals surface area contributed by atoms with Crippen LogP contribution in [0.15, 0.2) is 54.6 Å². The molecule has 0 spiro atoms. The first-order chi connectivity index (χ1) is 15.0. The highest BCUT2D eigenvalue weighted by molar-refractivity contribution is 7.99. The summed E-state index contributed by atoms with van der Waals surface area (Å²) in [5.41, 5.74) is 3.42. The first-order valence-electron chi connectivity index (χ1n) is 11.3. The summed E-state index contributed by atoms with van der Waals surface area (Å²) in [6.07, 6.45) is 5.66. The number of carbonyl (C=O) groups excluding carboxylic acids is 2. The summed E-state index contributed by atoms with van der Waals surface area (Å²) in [5, 5.41) is 3.20. The molecule has 2 aromatic rings. The topological polar surface area (TPSA) is 49.4 Å². The Morgan fingerprint density at radius 2 is 1.71 bits per heavy atom. The number of hydrogen-bond donors (Lipinski definition) is 1. The first-order valence-corrected chi connectivity index (χ1v) is 12.5. The number of aryl methyl sites for hydroxylation is 1. The molecule has 0 heterocycles. The number of thioether (sulfide) groups is 1. The predicted molar refractivity (Wildman–Crippen MR) is 129 cm³/mol. The molecule has 1 saturated carbocycles. The van der Waals surface area contributed by atoms with E-state index >= 15 is 0 Å². The molecule has 166 valence electrons. The van der Waals surface area contributed by atoms with Crippen LogP contribution in [0.2, 0.25) is 0 Å². The van der Waals surface area contributed by atoms with Gasteiger partial charge in [-0.1, -0.05) is 73.9 Å². The molecule has 1 fully saturated rings. The minimum atomic E-state index is -0.494. The number of nitrogens with one attached hydrogen (secondary N) is 1. The van der Waals surface area contributed by atoms with Gasteiger partial charge >= 0.3 is 0 Å². The Balaban J connectivity index is 1.66. The summed E-state index contributed by atoms with van der Waals surface area (Å²) in [6, 6.07) is 18.0. The molecule has 0 bridgehead atoms. The van der Waals surface area contributed by atoms with E-state index < -0.39 is 6.04 Å². The largest absolute Gasteiger partial charge is 0.352 e. The van der Waals surface area contributed by atoms with Gasteiger partial charge in [-0.05, 0) is 43.4 Å². The second-order valence-electron chi connectivity index (χ2n) is 8.45. The maximum atomic E-state index is 13.2. The third kappa shape index (κ3) is 7.13. The standard InChI is InChI=1S/C26H34N2O2S/c1-20-11-9-10-14-23(20)17-28(21(2)26(30)27-24-15-7-4-8-16-24)25(29)19-31-18-22-12-5-3-6-13-22/h3,5-6,9-14,21,24H,4,7-8,15-19H2,1-2H3,(H,27,30). The summed E-state index contributed by atoms with van der Waals surface area (Å²) < 4.78 is 0. The van der Waals surface area contributed by atoms with Gasteiger partial charge in [-0.15, -0.1) is 11.8 Å². The second-order valence-corrected chi connectivity index (χ2v) is 9.43. The molecule has 3 rings (SSSR count). The Morgan fingerprint density at radius 3 is 2.42 bits per heavy atom. The van der Waals surface area contributed by atoms with Crippen molar-refractivity contribution in [2.75, 3.05) is 5.75 Å². The van der Waals surface area contributed by atoms with Crippen molar-refractivity contribution < 1.29 is 9.59 Å². The Hall–Kier alpha value is -2.27. The molecule has 1 N–H and O–H groups in total. The molecule has 1 atom stereocenters. The van der Waals surface area contributed by atoms with Crippen molar-refractivity contribution in [3.8, 4) is 0 Å². The molecular formula is C26H34N2O2S. The van der Waals surface area contributed by atoms with E-state index in [2.05, 4.69) is 30.4 Å². The van der Waals surface area contributed by atoms with E-state index in [1.165, 1.54) is 24.8 Å². The van der Waals surface area contributed by atoms with Crippen molar-refractivity contribution in [2.45, 2.75) is 70.3 Å². The maximum absolute atomic E-state index is 13.2. The molecule has 0 saturated heterocycles. The van der Waals surface area contributed by atoms with Gasteiger partial charge in [0, 0.05) is 18.3 Å². The smallest absolute Gasteiger partial charge is 0.242 e. The van der Waals surface area contributed by atoms with E-state index in [1.807, 2.05) is 43.3 Å². The van der Waals surface area contributed by atoms with Crippen molar-refractivity contribution >= 4 is 23.6 Å². The summed E-state index contributed by atoms with van der Waals surface area (Å²) in [7, 11) is 0. The van der Waals surface area contributed by atoms with E-state index in [0.29, 0.717) is 12.3 Å². The minimum Gasteiger partial charge on any atom is -0.352 e. The monoisotopic (exact) mass is 438 g/mol. The van der Waals surface area contributed by atoms with Crippen molar-refractivity contribution in [1.29, 1.82) is 0 Å². The molecule has 2 amide bonds. The Kier molecular flexibility index (Phi) is 9.01. The van der Waals surface area contributed by atoms with Crippen LogP contribution in [0.4, 0.5) is 0 Å². The van der Waals surface area contributed by atoms with E-state index in [1.54, 1.807) is 16.7 Å². The van der Waals surface area contributed by atoms with E-state index in [4.69, 9.17) is 0 Å². The van der Waals surface area contributed by atoms with Gasteiger partial charge in [0.05, 0.1) is 5.75 Å². The number of carbonyl (C=O) groups is 2. The molecular weight excluding hydrogens is 404 g/mol. The van der Waals surface area contributed by atoms with Crippen LogP contribution in [-0.2, 0) is 21.9 Å². The molecule has 0 aliphatic heterocycles. The number of hydrogen-bond acceptors (Lipinski definition) is 3. The zero-order chi connectivity index (χ0) is 22.1. The van der Waals surface area contributed by atoms with Gasteiger partial charge in [0.15, 0.2) is 0 Å². The fraction of sp³-hybridized carbons (Fsp3) is 0.462. The van der Waals surface area contributed by atoms with Crippen LogP contribution in [0, 0.1) is 6.92 Å². The van der Waals surface area contributed by atoms with Crippen LogP contribution < -0.4 is 5.32 Å². The number of nitrogens with zero attached hydrogens (tertiary/aromatic N) is 1. The van der Waals surface area contributed by atoms with Crippen molar-refractivity contribution in [3.63, 3.8) is 0 Å². The average Bonchev–Trinajstić information content (AvgIpc) is 2.79. The van der Waals surface area contributed by atoms with E-state index in [0.717, 1.165) is 29.7 Å². The van der Waals surface area contributed by atoms with E-state index in [9.17, 15) is 9.59 Å². The van der Waals surface area contributed by atoms with Crippen LogP contribution in [-0.4, -0.2) is 34.6 Å². The number of rotatable bonds is 9. The minimum absolute atomic E-state index is 0.00970. The normalized spacial score (nSPS) is 15.3. The van der Waals surface area contributed by atoms with Crippen molar-refractivity contribution in [1.82, 2.24) is 10.2 Å². The molecule has 31 heavy (non-hydrogen) atoms. The van der Waals surface area contributed by atoms with Gasteiger partial charge in [-0.25, -0.2) is 0 Å². The number of benzene rings is 2. The summed E-state index contributed by atoms with van der Waals surface area (Å²) >= 11 is 1.60. The molecule has 1 aliphatic carbocycles. The summed E-state index contributed by atoms with van der Waals surface area (Å²) in [5.74, 6) is 1.12. The fourth-order valence-corrected chi connectivity index (χ4v) is 4.91. The van der Waals surface area contributed by atoms with Crippen LogP contribution >= 0.6 is 11.8 Å². The zero-order valence-electron chi connectivity index (χ0n) is 18.7. The lowest BCUT2D eigenvalue weighted by atomic mass is 9.95. The highest BCUT2D eigenvalue weighted by Gasteiger charge is 2.28. The van der Waals surface area contributed by atoms with Gasteiger partial charge < -0.3 is 10.2 Å². The second kappa shape index (κ2) is 11.9. The Morgan fingerprint density at radius 1 is 1.03 bits per heavy atom. The third-order valence-electron chi connectivity index (χ3n) is 6.06. The van der Waals surface area contributed by atoms with Gasteiger partial charge in [0.1, 0.15) is 6.04 Å². The Bertz CT molecular complexity index is 849. The van der Waals surface area contributed by atoms with Gasteiger partial charge in [0.25, 0.3) is 0 Å². The lowest BCUT2D eigenvalue weighted by Crippen LogP contribution is -2.50. The molecule has 2 aromatic carbocycles. The predicted octanol–water partition coefficient (Wildman–Crippen LogP) is 5.09. The molecule has 5 heteroatoms. The molecule has 1 aliphatic rings. The lowest BCUT2D eigenvalue weighted by molar-refractivity contribution is -0.139. The molecule has 0 radical (unpaired) electrons. The van der Waals surface area contributed by atoms with Crippen LogP contribution in [0.1, 0.15) is 55.7 Å². The van der Waals surface area contributed by atoms with Crippen LogP contribution in [0.5, 0.6) is 0 Å². The van der Waals surface area contributed by atoms with Crippen LogP contribution in [0.3, 0.4) is 0 Å². The van der Waals surface area contributed by atoms with Crippen molar-refractivity contribution in [2.24, 2.45) is 0 Å². The molecule has 4 nitrogen and oxygen atoms in total. The van der Waals surface area contributed by atoms with Crippen LogP contribution in [0.25, 0.3) is 0 Å². The third-order valence-corrected chi connectivity index (χ3v) is 7.05. The van der Waals surface area contributed by atoms with Gasteiger partial charge in [0.2, 0.25) is 11.8 Å². The fourth-order valence-electron chi connectivity index (χ4n) is 4.04. The summed E-state index contributed by atoms with van der Waals surface area (Å²) in [6.45, 7) is 4.36. The Labute approximate surface area is 190 Å². The summed E-state index contributed by atoms with van der Waals surface area (Å²) in [4.78, 5) is 28.0. The molecule has 0 aromatic heterocycles. The number of amides is 2. The highest BCUT2D eigenvalue weighted by Crippen LogP contribution is 2.20. The van der Waals surface area contributed by atoms with Crippen molar-refractivity contribution in [3.05, 3.63) is 71.3 Å². The lowest BCUT2D eigenvalue weighted by Gasteiger charge is -2.31. The zero-order valence-corrected chi connectivity index (χ0v) is 19.5. The highest BCUT2D eigenvalue weighted by atomic mass is 32.2. The van der Waals surface area contributed by atoms with Gasteiger partial charge in [-0.3, -0.25) is 9.59 Å². The SMILES string of the molecule is Cc1ccccc1CN(C(=O)CSCc1ccccc1)C(C)C(=O)NC1CCCCC1. The van der Waals surface area contributed by atoms with Gasteiger partial charge in [-0.2, -0.15) is 0 Å². The maximum Gasteiger partial charge on any atom is 0.242 e. The first kappa shape index (κ1) is 23.4. The van der Waals surface area contributed by atoms with E-state index in [-0.39, 0.29) is 17.9 Å². The molecule has 1 unspecified atom stereocenters. The quantitative estimate of drug-likeness (QED) is 0.593. The average molecular weight is 439 g/mol.